The number of likely N-dealkylation sites (tertiary alicyclic amines) is 8. The lowest BCUT2D eigenvalue weighted by Crippen LogP contribution is -2.43. The van der Waals surface area contributed by atoms with Gasteiger partial charge in [-0.15, -0.1) is 0 Å². The zero-order valence-corrected chi connectivity index (χ0v) is 57.2. The number of rotatable bonds is 8. The first-order valence-electron chi connectivity index (χ1n) is 32.8. The van der Waals surface area contributed by atoms with Crippen molar-refractivity contribution in [3.8, 4) is 23.9 Å². The van der Waals surface area contributed by atoms with Crippen LogP contribution in [0.2, 0.25) is 0 Å². The summed E-state index contributed by atoms with van der Waals surface area (Å²) in [6, 6.07) is 0. The van der Waals surface area contributed by atoms with Crippen LogP contribution in [0.5, 0.6) is 0 Å². The first-order chi connectivity index (χ1) is 39.2. The molecule has 0 saturated carbocycles. The molecule has 488 valence electrons. The SMILES string of the molecule is CC[N+]1(C)CCCC1.CC[N+]1(C)CCCC1.CC[N+]1(C)CCCC1.CC[N+]1(C)CCCC1.CC[N+]1(C)CCCC1.CC[N+]1(C)CCCC1.CC[N+]1(C)CCCC1.CC[N+]1(C)CCCC1.N#CB([O-])[O-].N#CB([O-])[O-].N#CB([O-])[O-].N#CB([O-])[O-]. The molecule has 0 spiro atoms. The quantitative estimate of drug-likeness (QED) is 0.209. The van der Waals surface area contributed by atoms with E-state index < -0.39 is 28.5 Å². The molecule has 8 aliphatic heterocycles. The monoisotopic (exact) mass is 1190 g/mol. The molecular weight excluding hydrogens is 1060 g/mol. The van der Waals surface area contributed by atoms with E-state index in [0.717, 1.165) is 23.9 Å². The summed E-state index contributed by atoms with van der Waals surface area (Å²) in [4.78, 5) is 0. The predicted molar refractivity (Wildman–Crippen MR) is 331 cm³/mol. The van der Waals surface area contributed by atoms with Gasteiger partial charge in [0.15, 0.2) is 0 Å². The zero-order valence-electron chi connectivity index (χ0n) is 57.2. The van der Waals surface area contributed by atoms with Crippen LogP contribution in [0.3, 0.4) is 0 Å². The lowest BCUT2D eigenvalue weighted by atomic mass is 9.97. The first kappa shape index (κ1) is 88.0. The minimum absolute atomic E-state index is 0.917. The van der Waals surface area contributed by atoms with Gasteiger partial charge in [-0.3, -0.25) is 0 Å². The Balaban J connectivity index is -0.000000418. The summed E-state index contributed by atoms with van der Waals surface area (Å²) in [5.74, 6) is 3.67. The van der Waals surface area contributed by atoms with Gasteiger partial charge in [-0.05, 0) is 79.3 Å². The summed E-state index contributed by atoms with van der Waals surface area (Å²) in [7, 11) is 9.59. The van der Waals surface area contributed by atoms with Crippen molar-refractivity contribution in [2.45, 2.75) is 158 Å². The number of hydrogen-bond donors (Lipinski definition) is 0. The largest absolute Gasteiger partial charge is 0.881 e. The summed E-state index contributed by atoms with van der Waals surface area (Å²) in [5, 5.41) is 101. The molecule has 0 aromatic heterocycles. The number of hydrogen-bond acceptors (Lipinski definition) is 12. The van der Waals surface area contributed by atoms with Gasteiger partial charge in [0.1, 0.15) is 0 Å². The van der Waals surface area contributed by atoms with Crippen LogP contribution in [-0.2, 0) is 0 Å². The maximum atomic E-state index is 8.98. The van der Waals surface area contributed by atoms with Crippen LogP contribution >= 0.6 is 0 Å². The number of quaternary nitrogens is 8. The van der Waals surface area contributed by atoms with Crippen molar-refractivity contribution in [2.75, 3.05) is 213 Å². The lowest BCUT2D eigenvalue weighted by Gasteiger charge is -2.26. The molecule has 0 bridgehead atoms. The van der Waals surface area contributed by atoms with E-state index in [9.17, 15) is 0 Å². The van der Waals surface area contributed by atoms with E-state index in [2.05, 4.69) is 112 Å². The van der Waals surface area contributed by atoms with E-state index in [0.29, 0.717) is 0 Å². The van der Waals surface area contributed by atoms with Gasteiger partial charge in [-0.25, -0.2) is 21.0 Å². The highest BCUT2D eigenvalue weighted by atomic mass is 16.4. The van der Waals surface area contributed by atoms with E-state index in [1.54, 1.807) is 0 Å². The summed E-state index contributed by atoms with van der Waals surface area (Å²) >= 11 is 0. The summed E-state index contributed by atoms with van der Waals surface area (Å²) in [5.41, 5.74) is 0. The molecule has 8 aliphatic rings. The van der Waals surface area contributed by atoms with Crippen LogP contribution < -0.4 is 40.2 Å². The highest BCUT2D eigenvalue weighted by Crippen LogP contribution is 2.19. The second-order valence-electron chi connectivity index (χ2n) is 26.6. The van der Waals surface area contributed by atoms with E-state index >= 15 is 0 Å². The van der Waals surface area contributed by atoms with Gasteiger partial charge >= 0.3 is 0 Å². The van der Waals surface area contributed by atoms with Gasteiger partial charge in [0.2, 0.25) is 0 Å². The molecule has 0 aromatic rings. The normalized spacial score (nSPS) is 21.4. The third-order valence-electron chi connectivity index (χ3n) is 19.7. The first-order valence-corrected chi connectivity index (χ1v) is 32.8. The van der Waals surface area contributed by atoms with Crippen molar-refractivity contribution >= 4 is 28.5 Å². The van der Waals surface area contributed by atoms with E-state index in [-0.39, 0.29) is 0 Å². The summed E-state index contributed by atoms with van der Waals surface area (Å²) < 4.78 is 10.6. The lowest BCUT2D eigenvalue weighted by molar-refractivity contribution is -0.895. The Labute approximate surface area is 519 Å². The molecule has 0 N–H and O–H groups in total. The van der Waals surface area contributed by atoms with Gasteiger partial charge in [0.05, 0.1) is 213 Å². The Hall–Kier alpha value is -2.42. The van der Waals surface area contributed by atoms with Crippen molar-refractivity contribution < 1.29 is 76.1 Å². The maximum Gasteiger partial charge on any atom is 0.0786 e. The van der Waals surface area contributed by atoms with Crippen LogP contribution in [0.25, 0.3) is 0 Å². The van der Waals surface area contributed by atoms with Gasteiger partial charge in [-0.2, -0.15) is 0 Å². The molecule has 8 rings (SSSR count). The molecule has 0 radical (unpaired) electrons. The van der Waals surface area contributed by atoms with Gasteiger partial charge in [0.25, 0.3) is 0 Å². The zero-order chi connectivity index (χ0) is 65.4. The average Bonchev–Trinajstić information content (AvgIpc) is 4.40. The van der Waals surface area contributed by atoms with E-state index in [1.165, 1.54) is 296 Å². The molecule has 0 unspecified atom stereocenters. The van der Waals surface area contributed by atoms with Crippen molar-refractivity contribution in [3.63, 3.8) is 0 Å². The molecule has 8 heterocycles. The Kier molecular flexibility index (Phi) is 51.8. The van der Waals surface area contributed by atoms with E-state index in [1.807, 2.05) is 0 Å². The molecule has 8 fully saturated rings. The second kappa shape index (κ2) is 49.5. The van der Waals surface area contributed by atoms with Crippen LogP contribution in [0.4, 0.5) is 0 Å². The van der Waals surface area contributed by atoms with Gasteiger partial charge < -0.3 is 76.1 Å². The Morgan fingerprint density at radius 2 is 0.274 bits per heavy atom. The Bertz CT molecular complexity index is 1390. The fourth-order valence-electron chi connectivity index (χ4n) is 11.3. The molecule has 0 aliphatic carbocycles. The Morgan fingerprint density at radius 1 is 0.214 bits per heavy atom. The maximum absolute atomic E-state index is 8.98. The Morgan fingerprint density at radius 3 is 0.298 bits per heavy atom. The fourth-order valence-corrected chi connectivity index (χ4v) is 11.3. The summed E-state index contributed by atoms with van der Waals surface area (Å²) in [6.07, 6.45) is 23.2. The summed E-state index contributed by atoms with van der Waals surface area (Å²) in [6.45, 7) is 51.4. The van der Waals surface area contributed by atoms with Gasteiger partial charge in [-0.1, -0.05) is 0 Å². The third-order valence-corrected chi connectivity index (χ3v) is 19.7. The highest BCUT2D eigenvalue weighted by Gasteiger charge is 2.28. The number of nitriles is 4. The molecule has 0 aromatic carbocycles. The second-order valence-corrected chi connectivity index (χ2v) is 26.6. The average molecular weight is 1190 g/mol. The predicted octanol–water partition coefficient (Wildman–Crippen LogP) is -0.994. The van der Waals surface area contributed by atoms with Crippen molar-refractivity contribution in [1.29, 1.82) is 21.0 Å². The van der Waals surface area contributed by atoms with Gasteiger partial charge in [0, 0.05) is 131 Å². The standard InChI is InChI=1S/8C7H16N.4CBNO2/c8*1-3-8(2)6-4-5-7-8;4*3-1-2(4)5/h8*3-7H2,1-2H3;;;;/q8*+1;4*-2. The third kappa shape index (κ3) is 47.6. The van der Waals surface area contributed by atoms with Crippen molar-refractivity contribution in [3.05, 3.63) is 0 Å². The minimum Gasteiger partial charge on any atom is -0.881 e. The molecule has 24 heteroatoms. The molecular formula is C60H128B4N12O8. The van der Waals surface area contributed by atoms with Crippen molar-refractivity contribution in [2.24, 2.45) is 0 Å². The highest BCUT2D eigenvalue weighted by molar-refractivity contribution is 6.47. The minimum atomic E-state index is -2.31. The fraction of sp³-hybridized carbons (Fsp3) is 0.933. The molecule has 20 nitrogen and oxygen atoms in total. The van der Waals surface area contributed by atoms with Crippen LogP contribution in [0.1, 0.15) is 158 Å². The smallest absolute Gasteiger partial charge is 0.0786 e. The molecule has 8 saturated heterocycles. The molecule has 0 atom stereocenters. The number of nitrogens with zero attached hydrogens (tertiary/aromatic N) is 12. The van der Waals surface area contributed by atoms with Crippen LogP contribution in [0, 0.1) is 44.9 Å². The van der Waals surface area contributed by atoms with Crippen LogP contribution in [0.15, 0.2) is 0 Å². The molecule has 84 heavy (non-hydrogen) atoms. The van der Waals surface area contributed by atoms with Crippen molar-refractivity contribution in [1.82, 2.24) is 0 Å². The van der Waals surface area contributed by atoms with Crippen LogP contribution in [-0.4, -0.2) is 278 Å². The molecule has 0 amide bonds. The van der Waals surface area contributed by atoms with E-state index in [4.69, 9.17) is 61.2 Å². The topological polar surface area (TPSA) is 280 Å².